The van der Waals surface area contributed by atoms with Gasteiger partial charge in [-0.3, -0.25) is 4.98 Å². The van der Waals surface area contributed by atoms with Crippen molar-refractivity contribution in [2.24, 2.45) is 0 Å². The van der Waals surface area contributed by atoms with Crippen LogP contribution in [0, 0.1) is 20.8 Å². The molecule has 0 saturated heterocycles. The van der Waals surface area contributed by atoms with Gasteiger partial charge < -0.3 is 0 Å². The van der Waals surface area contributed by atoms with Crippen LogP contribution in [0.15, 0.2) is 182 Å². The second-order valence-electron chi connectivity index (χ2n) is 14.9. The maximum Gasteiger partial charge on any atom is 0.0714 e. The SMILES string of the molecule is Cc1cc(C)c(-c2ccc(-c3c4ccccc4c(-c4ccc(-c5ccnc(-c6cccc7ccccc67)c5)cc4)c4ccccc34)c3ccccc23)c(C)c1. The molecule has 9 aromatic carbocycles. The van der Waals surface area contributed by atoms with Crippen LogP contribution in [-0.2, 0) is 0 Å². The monoisotopic (exact) mass is 701 g/mol. The molecule has 1 aromatic heterocycles. The summed E-state index contributed by atoms with van der Waals surface area (Å²) in [6, 6.07) is 64.6. The number of benzene rings is 9. The zero-order chi connectivity index (χ0) is 37.0. The maximum absolute atomic E-state index is 4.80. The van der Waals surface area contributed by atoms with Crippen molar-refractivity contribution in [3.8, 4) is 55.8 Å². The first-order valence-electron chi connectivity index (χ1n) is 19.1. The van der Waals surface area contributed by atoms with Gasteiger partial charge >= 0.3 is 0 Å². The van der Waals surface area contributed by atoms with Crippen LogP contribution in [0.2, 0.25) is 0 Å². The van der Waals surface area contributed by atoms with Crippen molar-refractivity contribution in [2.45, 2.75) is 20.8 Å². The van der Waals surface area contributed by atoms with E-state index in [2.05, 4.69) is 197 Å². The van der Waals surface area contributed by atoms with Gasteiger partial charge in [0, 0.05) is 11.8 Å². The Morgan fingerprint density at radius 2 is 0.818 bits per heavy atom. The van der Waals surface area contributed by atoms with Crippen LogP contribution >= 0.6 is 0 Å². The molecule has 0 fully saturated rings. The van der Waals surface area contributed by atoms with Gasteiger partial charge in [-0.2, -0.15) is 0 Å². The smallest absolute Gasteiger partial charge is 0.0714 e. The summed E-state index contributed by atoms with van der Waals surface area (Å²) >= 11 is 0. The van der Waals surface area contributed by atoms with Crippen molar-refractivity contribution in [3.63, 3.8) is 0 Å². The zero-order valence-corrected chi connectivity index (χ0v) is 31.3. The van der Waals surface area contributed by atoms with E-state index in [9.17, 15) is 0 Å². The molecule has 0 aliphatic carbocycles. The molecular weight excluding hydrogens is 663 g/mol. The summed E-state index contributed by atoms with van der Waals surface area (Å²) in [6.07, 6.45) is 1.93. The number of hydrogen-bond acceptors (Lipinski definition) is 1. The number of aromatic nitrogens is 1. The van der Waals surface area contributed by atoms with Gasteiger partial charge in [0.2, 0.25) is 0 Å². The summed E-state index contributed by atoms with van der Waals surface area (Å²) in [5.41, 5.74) is 16.0. The molecule has 0 amide bonds. The molecule has 1 nitrogen and oxygen atoms in total. The minimum Gasteiger partial charge on any atom is -0.256 e. The Morgan fingerprint density at radius 3 is 1.44 bits per heavy atom. The van der Waals surface area contributed by atoms with Crippen molar-refractivity contribution in [1.82, 2.24) is 4.98 Å². The van der Waals surface area contributed by atoms with Crippen molar-refractivity contribution < 1.29 is 0 Å². The Hall–Kier alpha value is -6.83. The van der Waals surface area contributed by atoms with Crippen molar-refractivity contribution in [2.75, 3.05) is 0 Å². The van der Waals surface area contributed by atoms with E-state index in [1.807, 2.05) is 6.20 Å². The number of pyridine rings is 1. The first kappa shape index (κ1) is 32.8. The fourth-order valence-corrected chi connectivity index (χ4v) is 9.11. The third-order valence-electron chi connectivity index (χ3n) is 11.4. The van der Waals surface area contributed by atoms with Crippen LogP contribution in [0.4, 0.5) is 0 Å². The van der Waals surface area contributed by atoms with Gasteiger partial charge in [0.25, 0.3) is 0 Å². The second kappa shape index (κ2) is 13.2. The lowest BCUT2D eigenvalue weighted by molar-refractivity contribution is 1.32. The molecule has 0 saturated carbocycles. The average Bonchev–Trinajstić information content (AvgIpc) is 3.22. The highest BCUT2D eigenvalue weighted by Gasteiger charge is 2.20. The first-order chi connectivity index (χ1) is 27.0. The summed E-state index contributed by atoms with van der Waals surface area (Å²) in [5.74, 6) is 0. The molecule has 0 aliphatic heterocycles. The highest BCUT2D eigenvalue weighted by Crippen LogP contribution is 2.47. The molecule has 0 bridgehead atoms. The Labute approximate surface area is 322 Å². The van der Waals surface area contributed by atoms with Crippen LogP contribution in [-0.4, -0.2) is 4.98 Å². The molecule has 0 radical (unpaired) electrons. The molecule has 0 spiro atoms. The fourth-order valence-electron chi connectivity index (χ4n) is 9.11. The van der Waals surface area contributed by atoms with Crippen LogP contribution in [0.25, 0.3) is 98.9 Å². The Morgan fingerprint density at radius 1 is 0.327 bits per heavy atom. The van der Waals surface area contributed by atoms with Crippen LogP contribution in [0.5, 0.6) is 0 Å². The molecule has 1 heteroatoms. The molecule has 0 aliphatic rings. The quantitative estimate of drug-likeness (QED) is 0.163. The number of hydrogen-bond donors (Lipinski definition) is 0. The average molecular weight is 702 g/mol. The minimum atomic E-state index is 0.982. The summed E-state index contributed by atoms with van der Waals surface area (Å²) in [6.45, 7) is 6.67. The van der Waals surface area contributed by atoms with E-state index in [1.54, 1.807) is 0 Å². The standard InChI is InChI=1S/C54H39N/c1-34-31-35(2)52(36(3)32-34)49-27-28-50(43-17-7-6-16-42(43)49)54-47-20-10-8-18-45(47)53(46-19-9-11-21-48(46)54)39-25-23-37(24-26-39)40-29-30-55-51(33-40)44-22-12-14-38-13-4-5-15-41(38)44/h4-33H,1-3H3. The van der Waals surface area contributed by atoms with Gasteiger partial charge in [0.15, 0.2) is 0 Å². The molecule has 260 valence electrons. The van der Waals surface area contributed by atoms with Crippen LogP contribution in [0.3, 0.4) is 0 Å². The molecule has 55 heavy (non-hydrogen) atoms. The van der Waals surface area contributed by atoms with E-state index in [-0.39, 0.29) is 0 Å². The number of rotatable bonds is 5. The molecule has 0 atom stereocenters. The van der Waals surface area contributed by atoms with E-state index in [0.717, 1.165) is 16.8 Å². The Bertz CT molecular complexity index is 3030. The van der Waals surface area contributed by atoms with Crippen molar-refractivity contribution in [3.05, 3.63) is 199 Å². The van der Waals surface area contributed by atoms with Crippen LogP contribution in [0.1, 0.15) is 16.7 Å². The summed E-state index contributed by atoms with van der Waals surface area (Å²) in [7, 11) is 0. The second-order valence-corrected chi connectivity index (χ2v) is 14.9. The first-order valence-corrected chi connectivity index (χ1v) is 19.1. The van der Waals surface area contributed by atoms with Gasteiger partial charge in [0.1, 0.15) is 0 Å². The van der Waals surface area contributed by atoms with E-state index in [1.165, 1.54) is 98.7 Å². The normalized spacial score (nSPS) is 11.5. The largest absolute Gasteiger partial charge is 0.256 e. The van der Waals surface area contributed by atoms with Gasteiger partial charge in [-0.05, 0) is 132 Å². The fraction of sp³-hybridized carbons (Fsp3) is 0.0556. The maximum atomic E-state index is 4.80. The van der Waals surface area contributed by atoms with E-state index in [4.69, 9.17) is 4.98 Å². The van der Waals surface area contributed by atoms with E-state index in [0.29, 0.717) is 0 Å². The summed E-state index contributed by atoms with van der Waals surface area (Å²) in [4.78, 5) is 4.80. The van der Waals surface area contributed by atoms with E-state index < -0.39 is 0 Å². The molecule has 0 unspecified atom stereocenters. The summed E-state index contributed by atoms with van der Waals surface area (Å²) in [5, 5.41) is 10.0. The van der Waals surface area contributed by atoms with Gasteiger partial charge in [-0.15, -0.1) is 0 Å². The summed E-state index contributed by atoms with van der Waals surface area (Å²) < 4.78 is 0. The topological polar surface area (TPSA) is 12.9 Å². The molecule has 1 heterocycles. The molecular formula is C54H39N. The predicted octanol–water partition coefficient (Wildman–Crippen LogP) is 15.0. The Kier molecular flexibility index (Phi) is 7.89. The lowest BCUT2D eigenvalue weighted by atomic mass is 9.83. The van der Waals surface area contributed by atoms with Crippen LogP contribution < -0.4 is 0 Å². The van der Waals surface area contributed by atoms with Crippen molar-refractivity contribution in [1.29, 1.82) is 0 Å². The third kappa shape index (κ3) is 5.51. The van der Waals surface area contributed by atoms with Gasteiger partial charge in [0.05, 0.1) is 5.69 Å². The van der Waals surface area contributed by atoms with E-state index >= 15 is 0 Å². The van der Waals surface area contributed by atoms with Gasteiger partial charge in [-0.1, -0.05) is 169 Å². The lowest BCUT2D eigenvalue weighted by Gasteiger charge is -2.20. The Balaban J connectivity index is 1.12. The van der Waals surface area contributed by atoms with Gasteiger partial charge in [-0.25, -0.2) is 0 Å². The zero-order valence-electron chi connectivity index (χ0n) is 31.3. The minimum absolute atomic E-state index is 0.982. The highest BCUT2D eigenvalue weighted by molar-refractivity contribution is 6.24. The molecule has 10 rings (SSSR count). The number of aryl methyl sites for hydroxylation is 3. The third-order valence-corrected chi connectivity index (χ3v) is 11.4. The highest BCUT2D eigenvalue weighted by atomic mass is 14.7. The molecule has 0 N–H and O–H groups in total. The molecule has 10 aromatic rings. The number of fused-ring (bicyclic) bond motifs is 4. The lowest BCUT2D eigenvalue weighted by Crippen LogP contribution is -1.94. The number of nitrogens with zero attached hydrogens (tertiary/aromatic N) is 1. The predicted molar refractivity (Wildman–Crippen MR) is 236 cm³/mol. The van der Waals surface area contributed by atoms with Crippen molar-refractivity contribution >= 4 is 43.1 Å².